The van der Waals surface area contributed by atoms with Gasteiger partial charge in [0.25, 0.3) is 5.91 Å². The second-order valence-electron chi connectivity index (χ2n) is 4.30. The van der Waals surface area contributed by atoms with E-state index in [1.165, 1.54) is 0 Å². The van der Waals surface area contributed by atoms with Crippen molar-refractivity contribution in [3.8, 4) is 5.75 Å². The monoisotopic (exact) mass is 313 g/mol. The first kappa shape index (κ1) is 13.4. The van der Waals surface area contributed by atoms with Crippen LogP contribution in [0.25, 0.3) is 0 Å². The highest BCUT2D eigenvalue weighted by atomic mass is 79.9. The first-order chi connectivity index (χ1) is 8.70. The molecule has 98 valence electrons. The molecule has 1 atom stereocenters. The molecule has 0 radical (unpaired) electrons. The van der Waals surface area contributed by atoms with Crippen LogP contribution in [0.2, 0.25) is 0 Å². The van der Waals surface area contributed by atoms with Crippen molar-refractivity contribution in [1.29, 1.82) is 0 Å². The van der Waals surface area contributed by atoms with Crippen LogP contribution in [-0.4, -0.2) is 23.7 Å². The largest absolute Gasteiger partial charge is 0.480 e. The molecule has 0 aliphatic carbocycles. The Bertz CT molecular complexity index is 436. The van der Waals surface area contributed by atoms with Crippen molar-refractivity contribution < 1.29 is 14.6 Å². The number of hydrogen-bond acceptors (Lipinski definition) is 3. The van der Waals surface area contributed by atoms with E-state index >= 15 is 0 Å². The lowest BCUT2D eigenvalue weighted by Gasteiger charge is -2.18. The van der Waals surface area contributed by atoms with Gasteiger partial charge in [-0.2, -0.15) is 0 Å². The predicted molar refractivity (Wildman–Crippen MR) is 71.3 cm³/mol. The van der Waals surface area contributed by atoms with E-state index in [-0.39, 0.29) is 12.5 Å². The van der Waals surface area contributed by atoms with Crippen LogP contribution in [0.5, 0.6) is 5.75 Å². The van der Waals surface area contributed by atoms with Gasteiger partial charge in [0, 0.05) is 16.6 Å². The molecule has 1 unspecified atom stereocenters. The summed E-state index contributed by atoms with van der Waals surface area (Å²) in [6.45, 7) is 0.606. The summed E-state index contributed by atoms with van der Waals surface area (Å²) in [7, 11) is 0. The first-order valence-corrected chi connectivity index (χ1v) is 6.83. The molecule has 2 N–H and O–H groups in total. The molecule has 1 heterocycles. The molecule has 5 heteroatoms. The van der Waals surface area contributed by atoms with Gasteiger partial charge >= 0.3 is 0 Å². The quantitative estimate of drug-likeness (QED) is 0.897. The summed E-state index contributed by atoms with van der Waals surface area (Å²) in [5.74, 6) is 0.502. The molecule has 18 heavy (non-hydrogen) atoms. The molecule has 0 spiro atoms. The van der Waals surface area contributed by atoms with Gasteiger partial charge in [-0.15, -0.1) is 0 Å². The lowest BCUT2D eigenvalue weighted by Crippen LogP contribution is -2.36. The molecule has 0 saturated carbocycles. The summed E-state index contributed by atoms with van der Waals surface area (Å²) in [4.78, 5) is 11.8. The van der Waals surface area contributed by atoms with Gasteiger partial charge in [0.2, 0.25) is 0 Å². The average molecular weight is 314 g/mol. The number of hydrogen-bond donors (Lipinski definition) is 2. The zero-order valence-electron chi connectivity index (χ0n) is 9.99. The van der Waals surface area contributed by atoms with Gasteiger partial charge in [-0.05, 0) is 37.5 Å². The number of amides is 1. The van der Waals surface area contributed by atoms with E-state index in [2.05, 4.69) is 21.2 Å². The van der Waals surface area contributed by atoms with E-state index < -0.39 is 6.10 Å². The van der Waals surface area contributed by atoms with Gasteiger partial charge in [-0.3, -0.25) is 4.79 Å². The Morgan fingerprint density at radius 3 is 3.06 bits per heavy atom. The van der Waals surface area contributed by atoms with Crippen LogP contribution in [0.1, 0.15) is 24.8 Å². The Labute approximate surface area is 114 Å². The van der Waals surface area contributed by atoms with Crippen LogP contribution in [-0.2, 0) is 11.4 Å². The van der Waals surface area contributed by atoms with Crippen LogP contribution in [0.3, 0.4) is 0 Å². The van der Waals surface area contributed by atoms with E-state index in [0.29, 0.717) is 24.3 Å². The predicted octanol–water partition coefficient (Wildman–Crippen LogP) is 1.99. The number of halogens is 1. The highest BCUT2D eigenvalue weighted by Crippen LogP contribution is 2.25. The number of ether oxygens (including phenoxy) is 1. The molecule has 0 aromatic heterocycles. The van der Waals surface area contributed by atoms with Gasteiger partial charge < -0.3 is 15.2 Å². The Morgan fingerprint density at radius 2 is 2.28 bits per heavy atom. The zero-order chi connectivity index (χ0) is 13.0. The van der Waals surface area contributed by atoms with E-state index in [1.807, 2.05) is 6.07 Å². The van der Waals surface area contributed by atoms with Crippen molar-refractivity contribution in [2.75, 3.05) is 6.54 Å². The molecule has 1 saturated heterocycles. The van der Waals surface area contributed by atoms with Crippen molar-refractivity contribution in [3.63, 3.8) is 0 Å². The van der Waals surface area contributed by atoms with Crippen molar-refractivity contribution in [3.05, 3.63) is 28.2 Å². The molecule has 4 nitrogen and oxygen atoms in total. The molecule has 1 amide bonds. The molecule has 1 aliphatic rings. The maximum absolute atomic E-state index is 11.8. The molecule has 1 aromatic rings. The summed E-state index contributed by atoms with van der Waals surface area (Å²) in [5, 5.41) is 12.1. The first-order valence-electron chi connectivity index (χ1n) is 6.04. The number of aliphatic hydroxyl groups is 1. The van der Waals surface area contributed by atoms with Crippen molar-refractivity contribution in [2.45, 2.75) is 32.0 Å². The van der Waals surface area contributed by atoms with Gasteiger partial charge in [0.05, 0.1) is 6.61 Å². The van der Waals surface area contributed by atoms with Crippen molar-refractivity contribution in [2.24, 2.45) is 0 Å². The number of rotatable bonds is 3. The Balaban J connectivity index is 2.14. The fourth-order valence-corrected chi connectivity index (χ4v) is 2.37. The maximum Gasteiger partial charge on any atom is 0.261 e. The fourth-order valence-electron chi connectivity index (χ4n) is 1.96. The third-order valence-corrected chi connectivity index (χ3v) is 3.44. The third kappa shape index (κ3) is 3.23. The number of nitrogens with one attached hydrogen (secondary N) is 1. The third-order valence-electron chi connectivity index (χ3n) is 2.95. The number of aliphatic hydroxyl groups excluding tert-OH is 1. The van der Waals surface area contributed by atoms with Crippen LogP contribution in [0.4, 0.5) is 0 Å². The maximum atomic E-state index is 11.8. The van der Waals surface area contributed by atoms with E-state index in [0.717, 1.165) is 17.3 Å². The van der Waals surface area contributed by atoms with Crippen molar-refractivity contribution >= 4 is 21.8 Å². The van der Waals surface area contributed by atoms with Gasteiger partial charge in [0.1, 0.15) is 5.75 Å². The summed E-state index contributed by atoms with van der Waals surface area (Å²) >= 11 is 3.34. The zero-order valence-corrected chi connectivity index (χ0v) is 11.6. The molecular formula is C13H16BrNO3. The standard InChI is InChI=1S/C13H16BrNO3/c14-10-4-5-11(9(7-10)8-16)18-12-3-1-2-6-15-13(12)17/h4-5,7,12,16H,1-3,6,8H2,(H,15,17). The van der Waals surface area contributed by atoms with Crippen LogP contribution in [0.15, 0.2) is 22.7 Å². The summed E-state index contributed by atoms with van der Waals surface area (Å²) < 4.78 is 6.61. The van der Waals surface area contributed by atoms with Crippen LogP contribution in [0, 0.1) is 0 Å². The SMILES string of the molecule is O=C1NCCCCC1Oc1ccc(Br)cc1CO. The lowest BCUT2D eigenvalue weighted by molar-refractivity contribution is -0.127. The molecule has 1 aromatic carbocycles. The number of benzene rings is 1. The molecule has 1 fully saturated rings. The van der Waals surface area contributed by atoms with Gasteiger partial charge in [-0.1, -0.05) is 15.9 Å². The normalized spacial score (nSPS) is 20.1. The Hall–Kier alpha value is -1.07. The minimum atomic E-state index is -0.459. The average Bonchev–Trinajstić information content (AvgIpc) is 2.57. The van der Waals surface area contributed by atoms with Crippen molar-refractivity contribution in [1.82, 2.24) is 5.32 Å². The topological polar surface area (TPSA) is 58.6 Å². The molecular weight excluding hydrogens is 298 g/mol. The highest BCUT2D eigenvalue weighted by Gasteiger charge is 2.23. The van der Waals surface area contributed by atoms with E-state index in [4.69, 9.17) is 4.74 Å². The van der Waals surface area contributed by atoms with E-state index in [9.17, 15) is 9.90 Å². The molecule has 0 bridgehead atoms. The second-order valence-corrected chi connectivity index (χ2v) is 5.22. The Morgan fingerprint density at radius 1 is 1.44 bits per heavy atom. The van der Waals surface area contributed by atoms with Crippen LogP contribution >= 0.6 is 15.9 Å². The van der Waals surface area contributed by atoms with E-state index in [1.54, 1.807) is 12.1 Å². The smallest absolute Gasteiger partial charge is 0.261 e. The summed E-state index contributed by atoms with van der Waals surface area (Å²) in [5.41, 5.74) is 0.682. The summed E-state index contributed by atoms with van der Waals surface area (Å²) in [6, 6.07) is 5.40. The van der Waals surface area contributed by atoms with Crippen LogP contribution < -0.4 is 10.1 Å². The highest BCUT2D eigenvalue weighted by molar-refractivity contribution is 9.10. The fraction of sp³-hybridized carbons (Fsp3) is 0.462. The second kappa shape index (κ2) is 6.20. The Kier molecular flexibility index (Phi) is 4.60. The summed E-state index contributed by atoms with van der Waals surface area (Å²) in [6.07, 6.45) is 2.21. The minimum Gasteiger partial charge on any atom is -0.480 e. The molecule has 2 rings (SSSR count). The minimum absolute atomic E-state index is 0.0701. The number of carbonyl (C=O) groups excluding carboxylic acids is 1. The number of carbonyl (C=O) groups is 1. The van der Waals surface area contributed by atoms with Gasteiger partial charge in [-0.25, -0.2) is 0 Å². The lowest BCUT2D eigenvalue weighted by atomic mass is 10.1. The van der Waals surface area contributed by atoms with Gasteiger partial charge in [0.15, 0.2) is 6.10 Å². The molecule has 1 aliphatic heterocycles.